The number of nitrogens with one attached hydrogen (secondary N) is 1. The van der Waals surface area contributed by atoms with Crippen molar-refractivity contribution in [2.24, 2.45) is 26.2 Å². The maximum absolute atomic E-state index is 8.50. The molecule has 2 aliphatic rings. The second-order valence-electron chi connectivity index (χ2n) is 7.77. The van der Waals surface area contributed by atoms with E-state index in [0.717, 1.165) is 22.5 Å². The number of ether oxygens (including phenoxy) is 1. The van der Waals surface area contributed by atoms with Crippen molar-refractivity contribution < 1.29 is 4.74 Å². The number of hydrogen-bond donors (Lipinski definition) is 2. The minimum atomic E-state index is -0.529. The molecule has 1 spiro atoms. The molecule has 0 bridgehead atoms. The summed E-state index contributed by atoms with van der Waals surface area (Å²) in [5, 5.41) is 21.8. The Kier molecular flexibility index (Phi) is 6.55. The molecule has 2 heterocycles. The van der Waals surface area contributed by atoms with E-state index in [1.54, 1.807) is 5.01 Å². The first-order valence-electron chi connectivity index (χ1n) is 10.5. The van der Waals surface area contributed by atoms with Gasteiger partial charge in [-0.25, -0.2) is 10.8 Å². The molecule has 4 rings (SSSR count). The van der Waals surface area contributed by atoms with Gasteiger partial charge in [0, 0.05) is 49.6 Å². The van der Waals surface area contributed by atoms with Gasteiger partial charge in [0.1, 0.15) is 5.54 Å². The molecule has 2 aromatic carbocycles. The highest BCUT2D eigenvalue weighted by molar-refractivity contribution is 6.01. The zero-order valence-electron chi connectivity index (χ0n) is 17.6. The lowest BCUT2D eigenvalue weighted by atomic mass is 9.86. The predicted molar refractivity (Wildman–Crippen MR) is 124 cm³/mol. The van der Waals surface area contributed by atoms with Crippen molar-refractivity contribution in [1.29, 1.82) is 5.41 Å². The normalized spacial score (nSPS) is 18.0. The second-order valence-corrected chi connectivity index (χ2v) is 7.77. The zero-order valence-corrected chi connectivity index (χ0v) is 17.6. The molecule has 2 aliphatic heterocycles. The Morgan fingerprint density at radius 3 is 2.69 bits per heavy atom. The third-order valence-electron chi connectivity index (χ3n) is 5.93. The summed E-state index contributed by atoms with van der Waals surface area (Å²) in [7, 11) is 0. The van der Waals surface area contributed by atoms with Crippen LogP contribution in [0.3, 0.4) is 0 Å². The molecular weight excluding hydrogens is 406 g/mol. The number of aliphatic imine (C=N–C) groups is 1. The van der Waals surface area contributed by atoms with E-state index in [0.29, 0.717) is 38.4 Å². The lowest BCUT2D eigenvalue weighted by Gasteiger charge is -2.46. The van der Waals surface area contributed by atoms with Crippen LogP contribution in [0.15, 0.2) is 68.9 Å². The highest BCUT2D eigenvalue weighted by atomic mass is 16.5. The van der Waals surface area contributed by atoms with E-state index in [9.17, 15) is 0 Å². The first kappa shape index (κ1) is 21.6. The molecule has 3 N–H and O–H groups in total. The molecule has 32 heavy (non-hydrogen) atoms. The van der Waals surface area contributed by atoms with E-state index in [2.05, 4.69) is 20.3 Å². The molecule has 10 heteroatoms. The van der Waals surface area contributed by atoms with Gasteiger partial charge in [-0.2, -0.15) is 5.11 Å². The lowest BCUT2D eigenvalue weighted by Crippen LogP contribution is -2.61. The third-order valence-corrected chi connectivity index (χ3v) is 5.93. The maximum Gasteiger partial charge on any atom is 0.178 e. The van der Waals surface area contributed by atoms with Crippen molar-refractivity contribution in [2.75, 3.05) is 24.8 Å². The fourth-order valence-electron chi connectivity index (χ4n) is 4.04. The SMILES string of the molecule is [N-]=[N+]=NCC(C=N)c1ccc(CN=NC2=Nc3ccccc3N(N)C23CCOCC3)cc1. The third kappa shape index (κ3) is 4.24. The smallest absolute Gasteiger partial charge is 0.178 e. The van der Waals surface area contributed by atoms with E-state index >= 15 is 0 Å². The molecule has 1 unspecified atom stereocenters. The van der Waals surface area contributed by atoms with Crippen molar-refractivity contribution in [3.05, 3.63) is 70.1 Å². The summed E-state index contributed by atoms with van der Waals surface area (Å²) >= 11 is 0. The molecule has 0 radical (unpaired) electrons. The summed E-state index contributed by atoms with van der Waals surface area (Å²) in [6, 6.07) is 15.5. The summed E-state index contributed by atoms with van der Waals surface area (Å²) in [6.07, 6.45) is 2.68. The number of para-hydroxylation sites is 2. The summed E-state index contributed by atoms with van der Waals surface area (Å²) in [5.41, 5.74) is 11.5. The van der Waals surface area contributed by atoms with Crippen LogP contribution in [0.25, 0.3) is 10.4 Å². The highest BCUT2D eigenvalue weighted by Gasteiger charge is 2.46. The van der Waals surface area contributed by atoms with Gasteiger partial charge in [-0.3, -0.25) is 5.01 Å². The Hall–Kier alpha value is -3.59. The second kappa shape index (κ2) is 9.69. The van der Waals surface area contributed by atoms with Gasteiger partial charge in [0.05, 0.1) is 17.9 Å². The van der Waals surface area contributed by atoms with Crippen molar-refractivity contribution >= 4 is 23.4 Å². The van der Waals surface area contributed by atoms with E-state index < -0.39 is 5.54 Å². The number of nitrogens with two attached hydrogens (primary N) is 1. The number of fused-ring (bicyclic) bond motifs is 1. The van der Waals surface area contributed by atoms with Gasteiger partial charge in [0.2, 0.25) is 0 Å². The van der Waals surface area contributed by atoms with Gasteiger partial charge in [-0.1, -0.05) is 41.5 Å². The molecule has 164 valence electrons. The van der Waals surface area contributed by atoms with Crippen LogP contribution in [0, 0.1) is 5.41 Å². The Labute approximate surface area is 185 Å². The topological polar surface area (TPSA) is 148 Å². The van der Waals surface area contributed by atoms with Crippen LogP contribution in [-0.2, 0) is 11.3 Å². The van der Waals surface area contributed by atoms with Crippen LogP contribution in [0.4, 0.5) is 11.4 Å². The molecular formula is C22H25N9O. The van der Waals surface area contributed by atoms with Crippen LogP contribution in [0.1, 0.15) is 29.9 Å². The molecule has 1 fully saturated rings. The highest BCUT2D eigenvalue weighted by Crippen LogP contribution is 2.41. The van der Waals surface area contributed by atoms with Crippen molar-refractivity contribution in [3.63, 3.8) is 0 Å². The number of rotatable bonds is 6. The number of hydrogen-bond acceptors (Lipinski definition) is 8. The van der Waals surface area contributed by atoms with Crippen LogP contribution in [0.5, 0.6) is 0 Å². The van der Waals surface area contributed by atoms with E-state index in [-0.39, 0.29) is 12.5 Å². The molecule has 0 aliphatic carbocycles. The number of nitrogens with zero attached hydrogens (tertiary/aromatic N) is 7. The van der Waals surface area contributed by atoms with E-state index in [1.807, 2.05) is 48.5 Å². The van der Waals surface area contributed by atoms with Gasteiger partial charge in [-0.15, -0.1) is 5.11 Å². The maximum atomic E-state index is 8.50. The van der Waals surface area contributed by atoms with E-state index in [1.165, 1.54) is 6.21 Å². The molecule has 10 nitrogen and oxygen atoms in total. The Balaban J connectivity index is 1.53. The molecule has 1 saturated heterocycles. The predicted octanol–water partition coefficient (Wildman–Crippen LogP) is 4.66. The Morgan fingerprint density at radius 1 is 1.22 bits per heavy atom. The monoisotopic (exact) mass is 431 g/mol. The molecule has 0 amide bonds. The van der Waals surface area contributed by atoms with Gasteiger partial charge in [0.25, 0.3) is 0 Å². The fourth-order valence-corrected chi connectivity index (χ4v) is 4.04. The Bertz CT molecular complexity index is 1070. The number of azide groups is 1. The van der Waals surface area contributed by atoms with Crippen molar-refractivity contribution in [3.8, 4) is 0 Å². The number of azo groups is 1. The Morgan fingerprint density at radius 2 is 1.97 bits per heavy atom. The first-order valence-corrected chi connectivity index (χ1v) is 10.5. The number of benzene rings is 2. The number of hydrazine groups is 1. The van der Waals surface area contributed by atoms with E-state index in [4.69, 9.17) is 26.5 Å². The summed E-state index contributed by atoms with van der Waals surface area (Å²) in [5.74, 6) is 6.94. The lowest BCUT2D eigenvalue weighted by molar-refractivity contribution is 0.0695. The minimum Gasteiger partial charge on any atom is -0.381 e. The fraction of sp³-hybridized carbons (Fsp3) is 0.364. The van der Waals surface area contributed by atoms with Crippen molar-refractivity contribution in [1.82, 2.24) is 0 Å². The number of anilines is 1. The van der Waals surface area contributed by atoms with Crippen LogP contribution in [0.2, 0.25) is 0 Å². The average molecular weight is 432 g/mol. The summed E-state index contributed by atoms with van der Waals surface area (Å²) < 4.78 is 5.57. The van der Waals surface area contributed by atoms with Crippen molar-refractivity contribution in [2.45, 2.75) is 30.8 Å². The van der Waals surface area contributed by atoms with Crippen LogP contribution >= 0.6 is 0 Å². The van der Waals surface area contributed by atoms with Gasteiger partial charge < -0.3 is 10.1 Å². The standard InChI is InChI=1S/C22H25N9O/c23-13-18(15-27-30-24)17-7-5-16(6-8-17)14-26-29-21-22(9-11-32-12-10-22)31(25)20-4-2-1-3-19(20)28-21/h1-8,13,18,23H,9-12,14-15,25H2. The zero-order chi connectivity index (χ0) is 22.4. The van der Waals surface area contributed by atoms with Crippen LogP contribution in [-0.4, -0.2) is 37.3 Å². The quantitative estimate of drug-likeness (QED) is 0.225. The van der Waals surface area contributed by atoms with Crippen LogP contribution < -0.4 is 10.9 Å². The largest absolute Gasteiger partial charge is 0.381 e. The molecule has 2 aromatic rings. The minimum absolute atomic E-state index is 0.224. The number of amidine groups is 1. The first-order chi connectivity index (χ1) is 15.7. The van der Waals surface area contributed by atoms with Gasteiger partial charge >= 0.3 is 0 Å². The molecule has 1 atom stereocenters. The van der Waals surface area contributed by atoms with Gasteiger partial charge in [0.15, 0.2) is 5.84 Å². The summed E-state index contributed by atoms with van der Waals surface area (Å²) in [6.45, 7) is 1.80. The average Bonchev–Trinajstić information content (AvgIpc) is 2.84. The van der Waals surface area contributed by atoms with Gasteiger partial charge in [-0.05, 0) is 28.8 Å². The molecule has 0 aromatic heterocycles. The molecule has 0 saturated carbocycles. The summed E-state index contributed by atoms with van der Waals surface area (Å²) in [4.78, 5) is 7.56.